The van der Waals surface area contributed by atoms with Gasteiger partial charge in [-0.15, -0.1) is 0 Å². The lowest BCUT2D eigenvalue weighted by atomic mass is 10.0. The summed E-state index contributed by atoms with van der Waals surface area (Å²) in [6.07, 6.45) is 0. The second-order valence-corrected chi connectivity index (χ2v) is 4.06. The first-order valence-electron chi connectivity index (χ1n) is 5.05. The lowest BCUT2D eigenvalue weighted by Crippen LogP contribution is -2.01. The third-order valence-corrected chi connectivity index (χ3v) is 2.79. The summed E-state index contributed by atoms with van der Waals surface area (Å²) in [6.45, 7) is 0.452. The van der Waals surface area contributed by atoms with E-state index in [9.17, 15) is 0 Å². The molecule has 2 rings (SSSR count). The van der Waals surface area contributed by atoms with Crippen molar-refractivity contribution in [2.45, 2.75) is 6.54 Å². The Bertz CT molecular complexity index is 492. The molecule has 0 heterocycles. The van der Waals surface area contributed by atoms with Crippen molar-refractivity contribution in [2.75, 3.05) is 5.73 Å². The fraction of sp³-hybridized carbons (Fsp3) is 0.0769. The zero-order valence-electron chi connectivity index (χ0n) is 8.78. The van der Waals surface area contributed by atoms with Crippen LogP contribution in [0.15, 0.2) is 42.5 Å². The van der Waals surface area contributed by atoms with Gasteiger partial charge in [0, 0.05) is 17.3 Å². The number of hydrogen-bond donors (Lipinski definition) is 2. The predicted molar refractivity (Wildman–Crippen MR) is 69.2 cm³/mol. The highest BCUT2D eigenvalue weighted by Crippen LogP contribution is 2.24. The van der Waals surface area contributed by atoms with Crippen molar-refractivity contribution < 1.29 is 0 Å². The summed E-state index contributed by atoms with van der Waals surface area (Å²) in [5, 5.41) is 0.734. The number of hydrogen-bond acceptors (Lipinski definition) is 2. The average Bonchev–Trinajstić information content (AvgIpc) is 2.31. The van der Waals surface area contributed by atoms with Gasteiger partial charge in [-0.2, -0.15) is 0 Å². The molecule has 0 amide bonds. The van der Waals surface area contributed by atoms with E-state index in [1.165, 1.54) is 0 Å². The first-order valence-corrected chi connectivity index (χ1v) is 5.43. The molecule has 0 aliphatic carbocycles. The van der Waals surface area contributed by atoms with Crippen LogP contribution in [-0.2, 0) is 6.54 Å². The number of nitrogen functional groups attached to an aromatic ring is 1. The fourth-order valence-corrected chi connectivity index (χ4v) is 1.73. The van der Waals surface area contributed by atoms with Crippen LogP contribution in [0.4, 0.5) is 5.69 Å². The molecule has 0 saturated heterocycles. The van der Waals surface area contributed by atoms with Gasteiger partial charge < -0.3 is 11.5 Å². The van der Waals surface area contributed by atoms with Crippen LogP contribution in [0.3, 0.4) is 0 Å². The molecule has 2 aromatic rings. The lowest BCUT2D eigenvalue weighted by molar-refractivity contribution is 1.08. The monoisotopic (exact) mass is 232 g/mol. The highest BCUT2D eigenvalue weighted by atomic mass is 35.5. The summed E-state index contributed by atoms with van der Waals surface area (Å²) in [5.41, 5.74) is 15.3. The van der Waals surface area contributed by atoms with Crippen LogP contribution < -0.4 is 11.5 Å². The molecule has 82 valence electrons. The molecule has 0 aliphatic heterocycles. The topological polar surface area (TPSA) is 52.0 Å². The van der Waals surface area contributed by atoms with Gasteiger partial charge in [0.25, 0.3) is 0 Å². The standard InChI is InChI=1S/C13H13ClN2/c14-12-4-1-9(2-5-12)10-3-6-13(16)11(7-10)8-15/h1-7H,8,15-16H2. The third kappa shape index (κ3) is 2.18. The highest BCUT2D eigenvalue weighted by molar-refractivity contribution is 6.30. The smallest absolute Gasteiger partial charge is 0.0406 e. The normalized spacial score (nSPS) is 10.4. The molecule has 0 radical (unpaired) electrons. The number of anilines is 1. The Morgan fingerprint density at radius 2 is 1.56 bits per heavy atom. The molecule has 0 fully saturated rings. The molecular formula is C13H13ClN2. The molecule has 2 nitrogen and oxygen atoms in total. The minimum absolute atomic E-state index is 0.452. The van der Waals surface area contributed by atoms with Crippen molar-refractivity contribution in [2.24, 2.45) is 5.73 Å². The summed E-state index contributed by atoms with van der Waals surface area (Å²) in [5.74, 6) is 0. The number of halogens is 1. The van der Waals surface area contributed by atoms with Crippen molar-refractivity contribution in [3.05, 3.63) is 53.1 Å². The summed E-state index contributed by atoms with van der Waals surface area (Å²) in [4.78, 5) is 0. The average molecular weight is 233 g/mol. The van der Waals surface area contributed by atoms with Gasteiger partial charge in [0.15, 0.2) is 0 Å². The molecule has 2 aromatic carbocycles. The van der Waals surface area contributed by atoms with Gasteiger partial charge in [0.1, 0.15) is 0 Å². The fourth-order valence-electron chi connectivity index (χ4n) is 1.60. The molecule has 0 saturated carbocycles. The number of nitrogens with two attached hydrogens (primary N) is 2. The van der Waals surface area contributed by atoms with E-state index in [1.807, 2.05) is 42.5 Å². The van der Waals surface area contributed by atoms with E-state index in [2.05, 4.69) is 0 Å². The van der Waals surface area contributed by atoms with Gasteiger partial charge in [-0.25, -0.2) is 0 Å². The maximum atomic E-state index is 5.84. The van der Waals surface area contributed by atoms with E-state index in [1.54, 1.807) is 0 Å². The van der Waals surface area contributed by atoms with Crippen LogP contribution in [0, 0.1) is 0 Å². The van der Waals surface area contributed by atoms with Crippen LogP contribution in [-0.4, -0.2) is 0 Å². The van der Waals surface area contributed by atoms with Crippen LogP contribution in [0.2, 0.25) is 5.02 Å². The Labute approximate surface area is 99.8 Å². The second-order valence-electron chi connectivity index (χ2n) is 3.62. The summed E-state index contributed by atoms with van der Waals surface area (Å²) in [7, 11) is 0. The summed E-state index contributed by atoms with van der Waals surface area (Å²) in [6, 6.07) is 13.6. The maximum absolute atomic E-state index is 5.84. The second kappa shape index (κ2) is 4.56. The van der Waals surface area contributed by atoms with Gasteiger partial charge in [-0.3, -0.25) is 0 Å². The molecule has 0 aliphatic rings. The van der Waals surface area contributed by atoms with Crippen molar-refractivity contribution in [1.82, 2.24) is 0 Å². The molecule has 4 N–H and O–H groups in total. The minimum atomic E-state index is 0.452. The number of rotatable bonds is 2. The molecule has 16 heavy (non-hydrogen) atoms. The van der Waals surface area contributed by atoms with E-state index in [4.69, 9.17) is 23.1 Å². The minimum Gasteiger partial charge on any atom is -0.398 e. The predicted octanol–water partition coefficient (Wildman–Crippen LogP) is 3.05. The van der Waals surface area contributed by atoms with Crippen LogP contribution in [0.5, 0.6) is 0 Å². The van der Waals surface area contributed by atoms with E-state index < -0.39 is 0 Å². The summed E-state index contributed by atoms with van der Waals surface area (Å²) >= 11 is 5.84. The molecule has 0 bridgehead atoms. The van der Waals surface area contributed by atoms with E-state index in [0.29, 0.717) is 6.54 Å². The van der Waals surface area contributed by atoms with Crippen LogP contribution >= 0.6 is 11.6 Å². The van der Waals surface area contributed by atoms with Crippen LogP contribution in [0.25, 0.3) is 11.1 Å². The van der Waals surface area contributed by atoms with Gasteiger partial charge in [0.05, 0.1) is 0 Å². The van der Waals surface area contributed by atoms with E-state index in [-0.39, 0.29) is 0 Å². The van der Waals surface area contributed by atoms with E-state index >= 15 is 0 Å². The van der Waals surface area contributed by atoms with Crippen molar-refractivity contribution >= 4 is 17.3 Å². The molecule has 3 heteroatoms. The zero-order valence-corrected chi connectivity index (χ0v) is 9.54. The number of benzene rings is 2. The molecule has 0 unspecified atom stereocenters. The Kier molecular flexibility index (Phi) is 3.13. The summed E-state index contributed by atoms with van der Waals surface area (Å²) < 4.78 is 0. The maximum Gasteiger partial charge on any atom is 0.0406 e. The molecular weight excluding hydrogens is 220 g/mol. The SMILES string of the molecule is NCc1cc(-c2ccc(Cl)cc2)ccc1N. The molecule has 0 aromatic heterocycles. The Balaban J connectivity index is 2.44. The third-order valence-electron chi connectivity index (χ3n) is 2.54. The lowest BCUT2D eigenvalue weighted by Gasteiger charge is -2.07. The van der Waals surface area contributed by atoms with Crippen molar-refractivity contribution in [3.8, 4) is 11.1 Å². The largest absolute Gasteiger partial charge is 0.398 e. The Morgan fingerprint density at radius 1 is 0.938 bits per heavy atom. The molecule has 0 atom stereocenters. The first-order chi connectivity index (χ1) is 7.70. The van der Waals surface area contributed by atoms with Crippen LogP contribution in [0.1, 0.15) is 5.56 Å². The van der Waals surface area contributed by atoms with Gasteiger partial charge in [0.2, 0.25) is 0 Å². The van der Waals surface area contributed by atoms with Gasteiger partial charge in [-0.1, -0.05) is 29.8 Å². The zero-order chi connectivity index (χ0) is 11.5. The van der Waals surface area contributed by atoms with E-state index in [0.717, 1.165) is 27.4 Å². The highest BCUT2D eigenvalue weighted by Gasteiger charge is 2.01. The van der Waals surface area contributed by atoms with Gasteiger partial charge in [-0.05, 0) is 41.0 Å². The Hall–Kier alpha value is -1.51. The molecule has 0 spiro atoms. The first kappa shape index (κ1) is 11.0. The van der Waals surface area contributed by atoms with Crippen molar-refractivity contribution in [3.63, 3.8) is 0 Å². The van der Waals surface area contributed by atoms with Gasteiger partial charge >= 0.3 is 0 Å². The Morgan fingerprint density at radius 3 is 2.19 bits per heavy atom. The van der Waals surface area contributed by atoms with Crippen molar-refractivity contribution in [1.29, 1.82) is 0 Å². The quantitative estimate of drug-likeness (QED) is 0.782.